The van der Waals surface area contributed by atoms with Crippen molar-refractivity contribution in [1.29, 1.82) is 0 Å². The van der Waals surface area contributed by atoms with Crippen LogP contribution in [-0.4, -0.2) is 107 Å². The molecule has 0 aromatic carbocycles. The molecule has 0 amide bonds. The van der Waals surface area contributed by atoms with Crippen LogP contribution in [0, 0.1) is 0 Å². The highest BCUT2D eigenvalue weighted by Crippen LogP contribution is 2.58. The van der Waals surface area contributed by atoms with Crippen molar-refractivity contribution in [2.24, 2.45) is 0 Å². The van der Waals surface area contributed by atoms with Gasteiger partial charge in [0.15, 0.2) is 0 Å². The first-order valence-electron chi connectivity index (χ1n) is 8.83. The highest BCUT2D eigenvalue weighted by Gasteiger charge is 2.45. The van der Waals surface area contributed by atoms with Crippen molar-refractivity contribution >= 4 is 23.2 Å². The molecule has 0 radical (unpaired) electrons. The first kappa shape index (κ1) is 24.6. The van der Waals surface area contributed by atoms with Gasteiger partial charge in [0, 0.05) is 87.9 Å². The van der Waals surface area contributed by atoms with Crippen LogP contribution in [0.4, 0.5) is 0 Å². The van der Waals surface area contributed by atoms with Crippen LogP contribution in [-0.2, 0) is 36.3 Å². The first-order chi connectivity index (χ1) is 13.2. The lowest BCUT2D eigenvalue weighted by Crippen LogP contribution is -2.50. The molecule has 0 bridgehead atoms. The van der Waals surface area contributed by atoms with E-state index < -0.39 is 23.2 Å². The van der Waals surface area contributed by atoms with E-state index in [4.69, 9.17) is 22.6 Å². The lowest BCUT2D eigenvalue weighted by Gasteiger charge is -2.45. The fourth-order valence-electron chi connectivity index (χ4n) is 3.39. The van der Waals surface area contributed by atoms with E-state index in [1.54, 1.807) is 18.7 Å². The van der Waals surface area contributed by atoms with Gasteiger partial charge in [0.2, 0.25) is 0 Å². The van der Waals surface area contributed by atoms with Gasteiger partial charge in [-0.25, -0.2) is 27.8 Å². The summed E-state index contributed by atoms with van der Waals surface area (Å²) in [4.78, 5) is 0. The van der Waals surface area contributed by atoms with E-state index in [9.17, 15) is 13.7 Å². The van der Waals surface area contributed by atoms with Gasteiger partial charge < -0.3 is 4.52 Å². The van der Waals surface area contributed by atoms with Gasteiger partial charge in [0.05, 0.1) is 0 Å². The van der Waals surface area contributed by atoms with Crippen molar-refractivity contribution in [3.63, 3.8) is 0 Å². The van der Waals surface area contributed by atoms with E-state index >= 15 is 0 Å². The molecule has 0 spiro atoms. The molecule has 2 heterocycles. The van der Waals surface area contributed by atoms with E-state index in [0.717, 1.165) is 0 Å². The first-order valence-corrected chi connectivity index (χ1v) is 13.4. The second-order valence-corrected chi connectivity index (χ2v) is 13.1. The Bertz CT molecular complexity index is 586. The predicted octanol–water partition coefficient (Wildman–Crippen LogP) is 1.78. The minimum absolute atomic E-state index is 0.370. The zero-order valence-corrected chi connectivity index (χ0v) is 19.7. The van der Waals surface area contributed by atoms with Gasteiger partial charge in [0.25, 0.3) is 0 Å². The summed E-state index contributed by atoms with van der Waals surface area (Å²) < 4.78 is 71.0. The molecule has 0 atom stereocenters. The average Bonchev–Trinajstić information content (AvgIpc) is 2.77. The van der Waals surface area contributed by atoms with Crippen LogP contribution in [0.2, 0.25) is 0 Å². The second kappa shape index (κ2) is 10.1. The Balaban J connectivity index is 2.02. The van der Waals surface area contributed by atoms with Crippen molar-refractivity contribution < 1.29 is 36.3 Å². The van der Waals surface area contributed by atoms with E-state index in [2.05, 4.69) is 0 Å². The van der Waals surface area contributed by atoms with Gasteiger partial charge in [-0.1, -0.05) is 0 Å². The van der Waals surface area contributed by atoms with Crippen LogP contribution < -0.4 is 0 Å². The monoisotopic (exact) mass is 464 g/mol. The van der Waals surface area contributed by atoms with Crippen molar-refractivity contribution in [1.82, 2.24) is 18.7 Å². The number of hydrogen-bond donors (Lipinski definition) is 0. The number of nitrogens with zero attached hydrogens (tertiary/aromatic N) is 4. The van der Waals surface area contributed by atoms with E-state index in [-0.39, 0.29) is 0 Å². The Morgan fingerprint density at radius 1 is 0.464 bits per heavy atom. The Hall–Kier alpha value is 0.330. The fourth-order valence-corrected chi connectivity index (χ4v) is 8.13. The number of piperazine rings is 2. The van der Waals surface area contributed by atoms with Crippen molar-refractivity contribution in [2.75, 3.05) is 87.9 Å². The van der Waals surface area contributed by atoms with Gasteiger partial charge in [-0.3, -0.25) is 22.7 Å². The molecule has 2 fully saturated rings. The summed E-state index contributed by atoms with van der Waals surface area (Å²) in [5.41, 5.74) is 0. The van der Waals surface area contributed by atoms with Gasteiger partial charge in [0.1, 0.15) is 0 Å². The van der Waals surface area contributed by atoms with Gasteiger partial charge >= 0.3 is 23.2 Å². The van der Waals surface area contributed by atoms with Crippen LogP contribution >= 0.6 is 23.2 Å². The van der Waals surface area contributed by atoms with Gasteiger partial charge in [-0.2, -0.15) is 0 Å². The zero-order chi connectivity index (χ0) is 21.0. The lowest BCUT2D eigenvalue weighted by atomic mass is 10.4. The smallest absolute Gasteiger partial charge is 0.309 e. The normalized spacial score (nSPS) is 22.6. The maximum Gasteiger partial charge on any atom is 0.407 e. The van der Waals surface area contributed by atoms with Crippen molar-refractivity contribution in [3.05, 3.63) is 0 Å². The molecule has 166 valence electrons. The van der Waals surface area contributed by atoms with Gasteiger partial charge in [-0.15, -0.1) is 0 Å². The molecule has 2 aliphatic rings. The summed E-state index contributed by atoms with van der Waals surface area (Å²) in [6, 6.07) is 0. The summed E-state index contributed by atoms with van der Waals surface area (Å²) >= 11 is 0. The highest BCUT2D eigenvalue weighted by atomic mass is 31.2. The SMILES string of the molecule is COP(=O)(OC)N1CCN(P(=O)(OC)N2CCN(P(=O)(OC)OC)CC2)CC1. The third-order valence-corrected chi connectivity index (χ3v) is 11.8. The molecule has 2 saturated heterocycles. The number of rotatable bonds is 9. The zero-order valence-electron chi connectivity index (χ0n) is 17.1. The number of hydrogen-bond acceptors (Lipinski definition) is 8. The average molecular weight is 464 g/mol. The molecule has 0 unspecified atom stereocenters. The largest absolute Gasteiger partial charge is 0.407 e. The molecule has 0 aromatic rings. The quantitative estimate of drug-likeness (QED) is 0.464. The molecular weight excluding hydrogens is 433 g/mol. The molecule has 2 rings (SSSR count). The maximum absolute atomic E-state index is 13.6. The maximum atomic E-state index is 13.6. The molecule has 12 nitrogen and oxygen atoms in total. The van der Waals surface area contributed by atoms with Crippen LogP contribution in [0.5, 0.6) is 0 Å². The van der Waals surface area contributed by atoms with E-state index in [1.165, 1.54) is 35.5 Å². The highest BCUT2D eigenvalue weighted by molar-refractivity contribution is 7.54. The van der Waals surface area contributed by atoms with Crippen LogP contribution in [0.15, 0.2) is 0 Å². The van der Waals surface area contributed by atoms with Crippen molar-refractivity contribution in [3.8, 4) is 0 Å². The minimum atomic E-state index is -3.31. The Labute approximate surface area is 166 Å². The molecule has 0 N–H and O–H groups in total. The molecule has 2 aliphatic heterocycles. The van der Waals surface area contributed by atoms with Crippen LogP contribution in [0.1, 0.15) is 0 Å². The fraction of sp³-hybridized carbons (Fsp3) is 1.00. The molecule has 0 aliphatic carbocycles. The molecule has 15 heteroatoms. The lowest BCUT2D eigenvalue weighted by molar-refractivity contribution is 0.140. The van der Waals surface area contributed by atoms with Gasteiger partial charge in [-0.05, 0) is 0 Å². The summed E-state index contributed by atoms with van der Waals surface area (Å²) in [5.74, 6) is 0. The summed E-state index contributed by atoms with van der Waals surface area (Å²) in [5, 5.41) is 0. The third-order valence-electron chi connectivity index (χ3n) is 5.03. The molecular formula is C13H31N4O8P3. The summed E-state index contributed by atoms with van der Waals surface area (Å²) in [6.45, 7) is 3.02. The minimum Gasteiger partial charge on any atom is -0.309 e. The topological polar surface area (TPSA) is 110 Å². The van der Waals surface area contributed by atoms with Crippen LogP contribution in [0.25, 0.3) is 0 Å². The Kier molecular flexibility index (Phi) is 8.87. The summed E-state index contributed by atoms with van der Waals surface area (Å²) in [7, 11) is -3.11. The van der Waals surface area contributed by atoms with E-state index in [1.807, 2.05) is 0 Å². The third kappa shape index (κ3) is 4.80. The van der Waals surface area contributed by atoms with Crippen molar-refractivity contribution in [2.45, 2.75) is 0 Å². The predicted molar refractivity (Wildman–Crippen MR) is 104 cm³/mol. The Morgan fingerprint density at radius 2 is 0.714 bits per heavy atom. The molecule has 0 saturated carbocycles. The Morgan fingerprint density at radius 3 is 0.929 bits per heavy atom. The van der Waals surface area contributed by atoms with Crippen LogP contribution in [0.3, 0.4) is 0 Å². The summed E-state index contributed by atoms with van der Waals surface area (Å²) in [6.07, 6.45) is 0. The molecule has 28 heavy (non-hydrogen) atoms. The van der Waals surface area contributed by atoms with E-state index in [0.29, 0.717) is 52.4 Å². The standard InChI is InChI=1S/C13H31N4O8P3/c1-21-26(18,14-6-10-16(11-7-14)27(19,22-2)23-3)15-8-12-17(13-9-15)28(20,24-4)25-5/h6-13H2,1-5H3. The second-order valence-electron chi connectivity index (χ2n) is 6.16. The molecule has 0 aromatic heterocycles.